The molecule has 0 saturated carbocycles. The van der Waals surface area contributed by atoms with Crippen LogP contribution in [0.4, 0.5) is 0 Å². The lowest BCUT2D eigenvalue weighted by Gasteiger charge is -2.16. The Morgan fingerprint density at radius 1 is 1.56 bits per heavy atom. The zero-order valence-electron chi connectivity index (χ0n) is 9.11. The molecular formula is C10H14ClN3O2. The highest BCUT2D eigenvalue weighted by Gasteiger charge is 2.24. The second kappa shape index (κ2) is 4.43. The first-order chi connectivity index (χ1) is 7.63. The predicted octanol–water partition coefficient (Wildman–Crippen LogP) is 1.46. The highest BCUT2D eigenvalue weighted by molar-refractivity contribution is 6.33. The van der Waals surface area contributed by atoms with E-state index in [0.717, 1.165) is 31.7 Å². The Morgan fingerprint density at radius 2 is 2.31 bits per heavy atom. The number of fused-ring (bicyclic) bond motifs is 1. The molecule has 6 heteroatoms. The molecule has 5 nitrogen and oxygen atoms in total. The minimum atomic E-state index is -1.06. The van der Waals surface area contributed by atoms with Gasteiger partial charge in [-0.25, -0.2) is 4.79 Å². The molecule has 0 atom stereocenters. The van der Waals surface area contributed by atoms with Gasteiger partial charge in [-0.05, 0) is 13.0 Å². The molecule has 0 saturated heterocycles. The van der Waals surface area contributed by atoms with Crippen molar-refractivity contribution < 1.29 is 9.90 Å². The molecule has 1 N–H and O–H groups in total. The van der Waals surface area contributed by atoms with E-state index in [9.17, 15) is 4.79 Å². The fourth-order valence-corrected chi connectivity index (χ4v) is 2.23. The monoisotopic (exact) mass is 243 g/mol. The average molecular weight is 244 g/mol. The topological polar surface area (TPSA) is 58.4 Å². The Labute approximate surface area is 98.6 Å². The van der Waals surface area contributed by atoms with Crippen molar-refractivity contribution in [3.05, 3.63) is 16.4 Å². The number of carbonyl (C=O) groups is 1. The standard InChI is InChI=1S/C10H14ClN3O2/c1-2-13-4-3-5-14-7(6-13)8(11)9(12-14)10(15)16/h2-6H2,1H3,(H,15,16). The summed E-state index contributed by atoms with van der Waals surface area (Å²) < 4.78 is 1.72. The predicted molar refractivity (Wildman–Crippen MR) is 59.8 cm³/mol. The number of aromatic nitrogens is 2. The van der Waals surface area contributed by atoms with Gasteiger partial charge in [0.2, 0.25) is 0 Å². The van der Waals surface area contributed by atoms with Crippen LogP contribution in [0.5, 0.6) is 0 Å². The molecule has 0 aliphatic carbocycles. The third kappa shape index (κ3) is 1.92. The lowest BCUT2D eigenvalue weighted by atomic mass is 10.3. The van der Waals surface area contributed by atoms with Crippen molar-refractivity contribution in [2.75, 3.05) is 13.1 Å². The van der Waals surface area contributed by atoms with Crippen LogP contribution in [0.25, 0.3) is 0 Å². The summed E-state index contributed by atoms with van der Waals surface area (Å²) in [5, 5.41) is 13.3. The smallest absolute Gasteiger partial charge is 0.357 e. The van der Waals surface area contributed by atoms with Gasteiger partial charge in [0.25, 0.3) is 0 Å². The molecule has 0 amide bonds. The number of hydrogen-bond acceptors (Lipinski definition) is 3. The molecule has 2 heterocycles. The summed E-state index contributed by atoms with van der Waals surface area (Å²) in [6.07, 6.45) is 0.970. The summed E-state index contributed by atoms with van der Waals surface area (Å²) in [6.45, 7) is 5.43. The number of carboxylic acid groups (broad SMARTS) is 1. The largest absolute Gasteiger partial charge is 0.476 e. The van der Waals surface area contributed by atoms with Gasteiger partial charge in [0.1, 0.15) is 0 Å². The maximum atomic E-state index is 10.9. The quantitative estimate of drug-likeness (QED) is 0.855. The number of carboxylic acids is 1. The highest BCUT2D eigenvalue weighted by atomic mass is 35.5. The summed E-state index contributed by atoms with van der Waals surface area (Å²) >= 11 is 6.04. The van der Waals surface area contributed by atoms with Gasteiger partial charge in [-0.2, -0.15) is 5.10 Å². The number of halogens is 1. The Hall–Kier alpha value is -1.07. The molecule has 1 aliphatic heterocycles. The number of aryl methyl sites for hydroxylation is 1. The van der Waals surface area contributed by atoms with Crippen LogP contribution in [-0.2, 0) is 13.1 Å². The van der Waals surface area contributed by atoms with Crippen molar-refractivity contribution >= 4 is 17.6 Å². The highest BCUT2D eigenvalue weighted by Crippen LogP contribution is 2.24. The minimum absolute atomic E-state index is 0.0328. The molecule has 88 valence electrons. The van der Waals surface area contributed by atoms with Crippen molar-refractivity contribution in [1.29, 1.82) is 0 Å². The zero-order chi connectivity index (χ0) is 11.7. The summed E-state index contributed by atoms with van der Waals surface area (Å²) in [6, 6.07) is 0. The van der Waals surface area contributed by atoms with Gasteiger partial charge in [-0.1, -0.05) is 18.5 Å². The van der Waals surface area contributed by atoms with E-state index in [0.29, 0.717) is 6.54 Å². The Morgan fingerprint density at radius 3 is 2.94 bits per heavy atom. The second-order valence-corrected chi connectivity index (χ2v) is 4.24. The van der Waals surface area contributed by atoms with E-state index in [-0.39, 0.29) is 10.7 Å². The molecule has 1 aliphatic rings. The minimum Gasteiger partial charge on any atom is -0.476 e. The zero-order valence-corrected chi connectivity index (χ0v) is 9.87. The van der Waals surface area contributed by atoms with Gasteiger partial charge in [0.05, 0.1) is 10.7 Å². The summed E-state index contributed by atoms with van der Waals surface area (Å²) in [5.41, 5.74) is 0.785. The van der Waals surface area contributed by atoms with Gasteiger partial charge >= 0.3 is 5.97 Å². The van der Waals surface area contributed by atoms with Gasteiger partial charge in [-0.3, -0.25) is 9.58 Å². The number of nitrogens with zero attached hydrogens (tertiary/aromatic N) is 3. The average Bonchev–Trinajstić information content (AvgIpc) is 2.47. The van der Waals surface area contributed by atoms with E-state index in [1.54, 1.807) is 4.68 Å². The van der Waals surface area contributed by atoms with Crippen molar-refractivity contribution in [2.24, 2.45) is 0 Å². The van der Waals surface area contributed by atoms with Crippen molar-refractivity contribution in [3.8, 4) is 0 Å². The normalized spacial score (nSPS) is 16.9. The van der Waals surface area contributed by atoms with E-state index in [1.165, 1.54) is 0 Å². The fraction of sp³-hybridized carbons (Fsp3) is 0.600. The van der Waals surface area contributed by atoms with E-state index in [2.05, 4.69) is 16.9 Å². The molecule has 1 aromatic heterocycles. The SMILES string of the molecule is CCN1CCCn2nc(C(=O)O)c(Cl)c2C1. The second-order valence-electron chi connectivity index (χ2n) is 3.86. The van der Waals surface area contributed by atoms with Crippen LogP contribution in [0, 0.1) is 0 Å². The Kier molecular flexibility index (Phi) is 3.16. The van der Waals surface area contributed by atoms with Crippen LogP contribution < -0.4 is 0 Å². The van der Waals surface area contributed by atoms with Gasteiger partial charge < -0.3 is 5.11 Å². The van der Waals surface area contributed by atoms with E-state index in [1.807, 2.05) is 0 Å². The Bertz CT molecular complexity index is 416. The Balaban J connectivity index is 2.38. The summed E-state index contributed by atoms with van der Waals surface area (Å²) in [5.74, 6) is -1.06. The van der Waals surface area contributed by atoms with Crippen LogP contribution in [0.2, 0.25) is 5.02 Å². The molecule has 1 aromatic rings. The molecule has 0 fully saturated rings. The summed E-state index contributed by atoms with van der Waals surface area (Å²) in [7, 11) is 0. The lowest BCUT2D eigenvalue weighted by molar-refractivity contribution is 0.0689. The number of hydrogen-bond donors (Lipinski definition) is 1. The molecule has 0 aromatic carbocycles. The van der Waals surface area contributed by atoms with Crippen LogP contribution in [0.15, 0.2) is 0 Å². The van der Waals surface area contributed by atoms with E-state index < -0.39 is 5.97 Å². The van der Waals surface area contributed by atoms with E-state index in [4.69, 9.17) is 16.7 Å². The fourth-order valence-electron chi connectivity index (χ4n) is 1.95. The molecule has 16 heavy (non-hydrogen) atoms. The van der Waals surface area contributed by atoms with Crippen LogP contribution in [0.3, 0.4) is 0 Å². The molecule has 0 spiro atoms. The van der Waals surface area contributed by atoms with Crippen molar-refractivity contribution in [1.82, 2.24) is 14.7 Å². The van der Waals surface area contributed by atoms with Crippen LogP contribution in [-0.4, -0.2) is 38.8 Å². The first-order valence-corrected chi connectivity index (χ1v) is 5.72. The van der Waals surface area contributed by atoms with Gasteiger partial charge in [0.15, 0.2) is 5.69 Å². The molecule has 2 rings (SSSR count). The maximum Gasteiger partial charge on any atom is 0.357 e. The molecule has 0 radical (unpaired) electrons. The van der Waals surface area contributed by atoms with Gasteiger partial charge in [0, 0.05) is 19.6 Å². The van der Waals surface area contributed by atoms with Crippen molar-refractivity contribution in [3.63, 3.8) is 0 Å². The maximum absolute atomic E-state index is 10.9. The van der Waals surface area contributed by atoms with Gasteiger partial charge in [-0.15, -0.1) is 0 Å². The molecule has 0 bridgehead atoms. The van der Waals surface area contributed by atoms with Crippen LogP contribution in [0.1, 0.15) is 29.5 Å². The third-order valence-corrected chi connectivity index (χ3v) is 3.26. The number of rotatable bonds is 2. The van der Waals surface area contributed by atoms with Crippen molar-refractivity contribution in [2.45, 2.75) is 26.4 Å². The molecule has 0 unspecified atom stereocenters. The lowest BCUT2D eigenvalue weighted by Crippen LogP contribution is -2.22. The number of aromatic carboxylic acids is 1. The summed E-state index contributed by atoms with van der Waals surface area (Å²) in [4.78, 5) is 13.1. The van der Waals surface area contributed by atoms with E-state index >= 15 is 0 Å². The van der Waals surface area contributed by atoms with Crippen LogP contribution >= 0.6 is 11.6 Å². The first-order valence-electron chi connectivity index (χ1n) is 5.34. The third-order valence-electron chi connectivity index (χ3n) is 2.86. The first kappa shape index (κ1) is 11.4. The molecular weight excluding hydrogens is 230 g/mol.